The van der Waals surface area contributed by atoms with Gasteiger partial charge in [0.25, 0.3) is 6.01 Å². The van der Waals surface area contributed by atoms with Crippen molar-refractivity contribution in [1.29, 1.82) is 0 Å². The lowest BCUT2D eigenvalue weighted by atomic mass is 10.1. The molecule has 5 rings (SSSR count). The number of anilines is 1. The van der Waals surface area contributed by atoms with Crippen molar-refractivity contribution in [3.8, 4) is 17.1 Å². The van der Waals surface area contributed by atoms with Crippen LogP contribution in [0.2, 0.25) is 5.02 Å². The first-order valence-corrected chi connectivity index (χ1v) is 9.19. The molecule has 10 heteroatoms. The molecule has 2 fully saturated rings. The second kappa shape index (κ2) is 6.31. The summed E-state index contributed by atoms with van der Waals surface area (Å²) in [5.41, 5.74) is 0.466. The van der Waals surface area contributed by atoms with Crippen LogP contribution in [0.4, 0.5) is 19.2 Å². The summed E-state index contributed by atoms with van der Waals surface area (Å²) in [6.45, 7) is 1.34. The molecule has 0 radical (unpaired) electrons. The number of oxazole rings is 1. The molecule has 2 atom stereocenters. The fourth-order valence-corrected chi connectivity index (χ4v) is 4.17. The summed E-state index contributed by atoms with van der Waals surface area (Å²) in [6.07, 6.45) is -1.35. The highest BCUT2D eigenvalue weighted by molar-refractivity contribution is 6.33. The van der Waals surface area contributed by atoms with Gasteiger partial charge in [0.15, 0.2) is 16.8 Å². The zero-order valence-electron chi connectivity index (χ0n) is 14.4. The third kappa shape index (κ3) is 3.08. The van der Waals surface area contributed by atoms with Crippen LogP contribution in [0.1, 0.15) is 12.8 Å². The molecule has 28 heavy (non-hydrogen) atoms. The summed E-state index contributed by atoms with van der Waals surface area (Å²) < 4.78 is 54.2. The van der Waals surface area contributed by atoms with E-state index in [0.717, 1.165) is 12.8 Å². The van der Waals surface area contributed by atoms with Crippen LogP contribution >= 0.6 is 11.6 Å². The molecule has 6 nitrogen and oxygen atoms in total. The van der Waals surface area contributed by atoms with Crippen LogP contribution in [0.3, 0.4) is 0 Å². The summed E-state index contributed by atoms with van der Waals surface area (Å²) in [5, 5.41) is 3.26. The highest BCUT2D eigenvalue weighted by atomic mass is 35.5. The van der Waals surface area contributed by atoms with Crippen molar-refractivity contribution in [3.63, 3.8) is 0 Å². The largest absolute Gasteiger partial charge is 0.573 e. The summed E-state index contributed by atoms with van der Waals surface area (Å²) in [6, 6.07) is 5.54. The smallest absolute Gasteiger partial charge is 0.464 e. The average Bonchev–Trinajstić information content (AvgIpc) is 3.36. The number of nitrogens with zero attached hydrogens (tertiary/aromatic N) is 2. The average molecular weight is 414 g/mol. The number of furan rings is 1. The van der Waals surface area contributed by atoms with Crippen LogP contribution in [-0.2, 0) is 0 Å². The van der Waals surface area contributed by atoms with Gasteiger partial charge in [-0.05, 0) is 31.0 Å². The number of rotatable bonds is 3. The molecule has 2 unspecified atom stereocenters. The predicted octanol–water partition coefficient (Wildman–Crippen LogP) is 4.58. The van der Waals surface area contributed by atoms with Gasteiger partial charge >= 0.3 is 6.36 Å². The van der Waals surface area contributed by atoms with Crippen molar-refractivity contribution < 1.29 is 26.7 Å². The van der Waals surface area contributed by atoms with E-state index in [4.69, 9.17) is 20.4 Å². The quantitative estimate of drug-likeness (QED) is 0.678. The number of nitrogens with one attached hydrogen (secondary N) is 1. The number of aromatic nitrogens is 1. The first kappa shape index (κ1) is 17.7. The van der Waals surface area contributed by atoms with Crippen molar-refractivity contribution in [2.24, 2.45) is 0 Å². The van der Waals surface area contributed by atoms with E-state index in [0.29, 0.717) is 36.5 Å². The third-order valence-corrected chi connectivity index (χ3v) is 5.34. The fourth-order valence-electron chi connectivity index (χ4n) is 3.93. The number of hydrogen-bond donors (Lipinski definition) is 1. The highest BCUT2D eigenvalue weighted by Crippen LogP contribution is 2.44. The maximum atomic E-state index is 12.9. The van der Waals surface area contributed by atoms with Crippen molar-refractivity contribution in [1.82, 2.24) is 10.3 Å². The normalized spacial score (nSPS) is 22.2. The molecule has 1 N–H and O–H groups in total. The molecule has 2 bridgehead atoms. The van der Waals surface area contributed by atoms with Gasteiger partial charge in [0.2, 0.25) is 0 Å². The maximum absolute atomic E-state index is 12.9. The lowest BCUT2D eigenvalue weighted by molar-refractivity contribution is -0.274. The molecule has 0 saturated carbocycles. The van der Waals surface area contributed by atoms with Crippen molar-refractivity contribution in [2.45, 2.75) is 31.3 Å². The predicted molar refractivity (Wildman–Crippen MR) is 95.6 cm³/mol. The molecule has 2 aromatic heterocycles. The van der Waals surface area contributed by atoms with Gasteiger partial charge in [-0.3, -0.25) is 0 Å². The molecule has 4 heterocycles. The van der Waals surface area contributed by atoms with E-state index in [2.05, 4.69) is 15.0 Å². The van der Waals surface area contributed by atoms with Gasteiger partial charge < -0.3 is 23.8 Å². The molecule has 2 aliphatic heterocycles. The maximum Gasteiger partial charge on any atom is 0.573 e. The molecular formula is C18H15ClF3N3O3. The molecule has 0 spiro atoms. The summed E-state index contributed by atoms with van der Waals surface area (Å²) in [7, 11) is 0. The minimum Gasteiger partial charge on any atom is -0.464 e. The second-order valence-corrected chi connectivity index (χ2v) is 7.38. The summed E-state index contributed by atoms with van der Waals surface area (Å²) >= 11 is 6.11. The Kier molecular flexibility index (Phi) is 3.99. The standard InChI is InChI=1S/C18H15ClF3N3O3/c19-12-6-11(13-2-1-5-26-13)15-14(16(12)28-18(20,21)22)24-17(27-15)25-7-9-3-4-10(8-25)23-9/h1-2,5-6,9-10,23H,3-4,7-8H2. The minimum atomic E-state index is -4.91. The van der Waals surface area contributed by atoms with E-state index >= 15 is 0 Å². The molecule has 2 saturated heterocycles. The van der Waals surface area contributed by atoms with Crippen LogP contribution in [0.25, 0.3) is 22.4 Å². The second-order valence-electron chi connectivity index (χ2n) is 6.98. The number of fused-ring (bicyclic) bond motifs is 3. The molecule has 3 aromatic rings. The third-order valence-electron chi connectivity index (χ3n) is 5.06. The lowest BCUT2D eigenvalue weighted by Crippen LogP contribution is -2.51. The zero-order chi connectivity index (χ0) is 19.5. The summed E-state index contributed by atoms with van der Waals surface area (Å²) in [4.78, 5) is 6.27. The topological polar surface area (TPSA) is 63.7 Å². The number of alkyl halides is 3. The van der Waals surface area contributed by atoms with Gasteiger partial charge in [-0.2, -0.15) is 4.98 Å². The highest BCUT2D eigenvalue weighted by Gasteiger charge is 2.37. The van der Waals surface area contributed by atoms with E-state index in [1.54, 1.807) is 12.1 Å². The monoisotopic (exact) mass is 413 g/mol. The van der Waals surface area contributed by atoms with Crippen LogP contribution in [-0.4, -0.2) is 36.5 Å². The molecule has 2 aliphatic rings. The van der Waals surface area contributed by atoms with Crippen molar-refractivity contribution >= 4 is 28.7 Å². The molecule has 1 aromatic carbocycles. The van der Waals surface area contributed by atoms with E-state index in [1.807, 2.05) is 4.90 Å². The Hall–Kier alpha value is -2.39. The van der Waals surface area contributed by atoms with Crippen molar-refractivity contribution in [2.75, 3.05) is 18.0 Å². The fraction of sp³-hybridized carbons (Fsp3) is 0.389. The molecule has 148 valence electrons. The van der Waals surface area contributed by atoms with Crippen molar-refractivity contribution in [3.05, 3.63) is 29.5 Å². The number of piperazine rings is 1. The van der Waals surface area contributed by atoms with E-state index in [9.17, 15) is 13.2 Å². The Labute approximate surface area is 162 Å². The van der Waals surface area contributed by atoms with Crippen LogP contribution in [0.5, 0.6) is 5.75 Å². The Balaban J connectivity index is 1.65. The van der Waals surface area contributed by atoms with Crippen LogP contribution < -0.4 is 15.0 Å². The Morgan fingerprint density at radius 2 is 2.00 bits per heavy atom. The zero-order valence-corrected chi connectivity index (χ0v) is 15.2. The Bertz CT molecular complexity index is 1010. The van der Waals surface area contributed by atoms with Gasteiger partial charge in [-0.15, -0.1) is 13.2 Å². The van der Waals surface area contributed by atoms with Gasteiger partial charge in [-0.1, -0.05) is 11.6 Å². The van der Waals surface area contributed by atoms with Gasteiger partial charge in [0, 0.05) is 25.2 Å². The van der Waals surface area contributed by atoms with E-state index in [-0.39, 0.29) is 22.1 Å². The number of benzene rings is 1. The van der Waals surface area contributed by atoms with Gasteiger partial charge in [0.05, 0.1) is 16.8 Å². The van der Waals surface area contributed by atoms with Crippen LogP contribution in [0, 0.1) is 0 Å². The lowest BCUT2D eigenvalue weighted by Gasteiger charge is -2.31. The van der Waals surface area contributed by atoms with E-state index in [1.165, 1.54) is 12.3 Å². The SMILES string of the molecule is FC(F)(F)Oc1c(Cl)cc(-c2ccco2)c2oc(N3CC4CCC(C3)N4)nc12. The molecule has 0 aliphatic carbocycles. The van der Waals surface area contributed by atoms with E-state index < -0.39 is 12.1 Å². The number of halogens is 4. The molecule has 0 amide bonds. The van der Waals surface area contributed by atoms with Gasteiger partial charge in [-0.25, -0.2) is 0 Å². The van der Waals surface area contributed by atoms with Crippen LogP contribution in [0.15, 0.2) is 33.3 Å². The Morgan fingerprint density at radius 3 is 2.64 bits per heavy atom. The number of ether oxygens (including phenoxy) is 1. The van der Waals surface area contributed by atoms with Gasteiger partial charge in [0.1, 0.15) is 5.76 Å². The number of hydrogen-bond acceptors (Lipinski definition) is 6. The molecular weight excluding hydrogens is 399 g/mol. The minimum absolute atomic E-state index is 0.0860. The summed E-state index contributed by atoms with van der Waals surface area (Å²) in [5.74, 6) is -0.166. The Morgan fingerprint density at radius 1 is 1.25 bits per heavy atom. The first-order valence-electron chi connectivity index (χ1n) is 8.81. The first-order chi connectivity index (χ1) is 13.4.